The van der Waals surface area contributed by atoms with E-state index in [0.29, 0.717) is 0 Å². The average molecular weight is 172 g/mol. The maximum atomic E-state index is 10.8. The molecule has 4 heteroatoms. The van der Waals surface area contributed by atoms with Crippen LogP contribution in [0.15, 0.2) is 0 Å². The van der Waals surface area contributed by atoms with Crippen LogP contribution in [0.5, 0.6) is 0 Å². The quantitative estimate of drug-likeness (QED) is 0.584. The zero-order chi connectivity index (χ0) is 9.30. The van der Waals surface area contributed by atoms with Gasteiger partial charge in [0.1, 0.15) is 0 Å². The second kappa shape index (κ2) is 3.31. The molecular weight excluding hydrogens is 156 g/mol. The molecule has 0 saturated carbocycles. The molecule has 1 heterocycles. The van der Waals surface area contributed by atoms with E-state index in [9.17, 15) is 4.79 Å². The zero-order valence-corrected chi connectivity index (χ0v) is 7.82. The fourth-order valence-corrected chi connectivity index (χ4v) is 1.96. The van der Waals surface area contributed by atoms with Gasteiger partial charge in [-0.25, -0.2) is 4.79 Å². The molecule has 0 aromatic rings. The van der Waals surface area contributed by atoms with E-state index in [1.54, 1.807) is 0 Å². The fraction of sp³-hybridized carbons (Fsp3) is 0.875. The Morgan fingerprint density at radius 2 is 1.75 bits per heavy atom. The standard InChI is InChI=1S/C8H16N2O2/c1-6-4-9(3)5-7(2)10(6)8(11)12/h6-7H,4-5H2,1-3H3,(H,11,12). The average Bonchev–Trinajstić information content (AvgIpc) is 1.82. The Balaban J connectivity index is 2.66. The van der Waals surface area contributed by atoms with Crippen molar-refractivity contribution in [2.45, 2.75) is 25.9 Å². The predicted molar refractivity (Wildman–Crippen MR) is 46.3 cm³/mol. The molecule has 0 spiro atoms. The van der Waals surface area contributed by atoms with Gasteiger partial charge in [-0.05, 0) is 20.9 Å². The second-order valence-corrected chi connectivity index (χ2v) is 3.61. The van der Waals surface area contributed by atoms with Crippen LogP contribution < -0.4 is 0 Å². The van der Waals surface area contributed by atoms with Gasteiger partial charge in [0.05, 0.1) is 0 Å². The van der Waals surface area contributed by atoms with Gasteiger partial charge >= 0.3 is 6.09 Å². The summed E-state index contributed by atoms with van der Waals surface area (Å²) in [6.07, 6.45) is -0.803. The van der Waals surface area contributed by atoms with E-state index in [2.05, 4.69) is 4.90 Å². The van der Waals surface area contributed by atoms with Crippen molar-refractivity contribution in [1.29, 1.82) is 0 Å². The summed E-state index contributed by atoms with van der Waals surface area (Å²) in [6, 6.07) is 0.215. The Kier molecular flexibility index (Phi) is 2.57. The molecule has 0 bridgehead atoms. The van der Waals surface area contributed by atoms with Crippen LogP contribution in [0, 0.1) is 0 Å². The van der Waals surface area contributed by atoms with Gasteiger partial charge in [0.25, 0.3) is 0 Å². The summed E-state index contributed by atoms with van der Waals surface area (Å²) >= 11 is 0. The van der Waals surface area contributed by atoms with Crippen LogP contribution in [0.1, 0.15) is 13.8 Å². The van der Waals surface area contributed by atoms with Gasteiger partial charge in [-0.2, -0.15) is 0 Å². The molecule has 0 radical (unpaired) electrons. The van der Waals surface area contributed by atoms with Gasteiger partial charge in [0, 0.05) is 25.2 Å². The predicted octanol–water partition coefficient (Wildman–Crippen LogP) is 0.689. The van der Waals surface area contributed by atoms with Crippen LogP contribution in [0.25, 0.3) is 0 Å². The topological polar surface area (TPSA) is 43.8 Å². The van der Waals surface area contributed by atoms with Crippen LogP contribution in [-0.2, 0) is 0 Å². The van der Waals surface area contributed by atoms with E-state index in [0.717, 1.165) is 13.1 Å². The first-order valence-corrected chi connectivity index (χ1v) is 4.22. The number of amides is 1. The largest absolute Gasteiger partial charge is 0.465 e. The van der Waals surface area contributed by atoms with Gasteiger partial charge < -0.3 is 14.9 Å². The monoisotopic (exact) mass is 172 g/mol. The Morgan fingerprint density at radius 3 is 2.08 bits per heavy atom. The van der Waals surface area contributed by atoms with E-state index in [4.69, 9.17) is 5.11 Å². The Hall–Kier alpha value is -0.770. The third kappa shape index (κ3) is 1.69. The Labute approximate surface area is 72.8 Å². The van der Waals surface area contributed by atoms with Gasteiger partial charge in [-0.15, -0.1) is 0 Å². The minimum atomic E-state index is -0.803. The van der Waals surface area contributed by atoms with Crippen molar-refractivity contribution in [3.63, 3.8) is 0 Å². The number of carboxylic acid groups (broad SMARTS) is 1. The van der Waals surface area contributed by atoms with Crippen molar-refractivity contribution in [3.05, 3.63) is 0 Å². The molecule has 2 unspecified atom stereocenters. The third-order valence-electron chi connectivity index (χ3n) is 2.32. The Bertz CT molecular complexity index is 172. The first-order chi connectivity index (χ1) is 5.52. The summed E-state index contributed by atoms with van der Waals surface area (Å²) in [5.74, 6) is 0. The highest BCUT2D eigenvalue weighted by Gasteiger charge is 2.30. The highest BCUT2D eigenvalue weighted by Crippen LogP contribution is 2.13. The minimum Gasteiger partial charge on any atom is -0.465 e. The number of hydrogen-bond donors (Lipinski definition) is 1. The number of piperazine rings is 1. The summed E-state index contributed by atoms with van der Waals surface area (Å²) in [4.78, 5) is 14.5. The van der Waals surface area contributed by atoms with Crippen molar-refractivity contribution < 1.29 is 9.90 Å². The fourth-order valence-electron chi connectivity index (χ4n) is 1.96. The lowest BCUT2D eigenvalue weighted by Crippen LogP contribution is -2.57. The van der Waals surface area contributed by atoms with E-state index < -0.39 is 6.09 Å². The van der Waals surface area contributed by atoms with E-state index >= 15 is 0 Å². The third-order valence-corrected chi connectivity index (χ3v) is 2.32. The Morgan fingerprint density at radius 1 is 1.33 bits per heavy atom. The first kappa shape index (κ1) is 9.32. The van der Waals surface area contributed by atoms with Gasteiger partial charge in [-0.1, -0.05) is 0 Å². The molecule has 1 rings (SSSR count). The molecule has 12 heavy (non-hydrogen) atoms. The smallest absolute Gasteiger partial charge is 0.407 e. The number of likely N-dealkylation sites (N-methyl/N-ethyl adjacent to an activating group) is 1. The lowest BCUT2D eigenvalue weighted by molar-refractivity contribution is 0.0515. The number of carbonyl (C=O) groups is 1. The van der Waals surface area contributed by atoms with Crippen molar-refractivity contribution in [2.24, 2.45) is 0 Å². The second-order valence-electron chi connectivity index (χ2n) is 3.61. The summed E-state index contributed by atoms with van der Waals surface area (Å²) in [5.41, 5.74) is 0. The highest BCUT2D eigenvalue weighted by molar-refractivity contribution is 5.66. The van der Waals surface area contributed by atoms with E-state index in [1.807, 2.05) is 20.9 Å². The van der Waals surface area contributed by atoms with Crippen LogP contribution >= 0.6 is 0 Å². The van der Waals surface area contributed by atoms with Gasteiger partial charge in [-0.3, -0.25) is 0 Å². The lowest BCUT2D eigenvalue weighted by Gasteiger charge is -2.41. The molecule has 0 aromatic carbocycles. The molecule has 4 nitrogen and oxygen atoms in total. The number of nitrogens with zero attached hydrogens (tertiary/aromatic N) is 2. The minimum absolute atomic E-state index is 0.108. The molecule has 1 aliphatic heterocycles. The summed E-state index contributed by atoms with van der Waals surface area (Å²) < 4.78 is 0. The lowest BCUT2D eigenvalue weighted by atomic mass is 10.1. The maximum Gasteiger partial charge on any atom is 0.407 e. The van der Waals surface area contributed by atoms with Crippen LogP contribution in [0.2, 0.25) is 0 Å². The molecule has 1 amide bonds. The first-order valence-electron chi connectivity index (χ1n) is 4.22. The summed E-state index contributed by atoms with van der Waals surface area (Å²) in [6.45, 7) is 5.55. The van der Waals surface area contributed by atoms with Crippen LogP contribution in [0.3, 0.4) is 0 Å². The number of hydrogen-bond acceptors (Lipinski definition) is 2. The van der Waals surface area contributed by atoms with Crippen LogP contribution in [0.4, 0.5) is 4.79 Å². The zero-order valence-electron chi connectivity index (χ0n) is 7.82. The molecule has 2 atom stereocenters. The number of rotatable bonds is 0. The van der Waals surface area contributed by atoms with Crippen molar-refractivity contribution in [1.82, 2.24) is 9.80 Å². The molecule has 1 aliphatic rings. The summed E-state index contributed by atoms with van der Waals surface area (Å²) in [5, 5.41) is 8.87. The molecular formula is C8H16N2O2. The van der Waals surface area contributed by atoms with Gasteiger partial charge in [0.2, 0.25) is 0 Å². The maximum absolute atomic E-state index is 10.8. The van der Waals surface area contributed by atoms with Crippen LogP contribution in [-0.4, -0.2) is 53.2 Å². The highest BCUT2D eigenvalue weighted by atomic mass is 16.4. The van der Waals surface area contributed by atoms with E-state index in [1.165, 1.54) is 4.90 Å². The van der Waals surface area contributed by atoms with E-state index in [-0.39, 0.29) is 12.1 Å². The van der Waals surface area contributed by atoms with Crippen molar-refractivity contribution >= 4 is 6.09 Å². The molecule has 0 aliphatic carbocycles. The molecule has 70 valence electrons. The molecule has 1 N–H and O–H groups in total. The normalized spacial score (nSPS) is 32.1. The molecule has 0 aromatic heterocycles. The molecule has 1 fully saturated rings. The van der Waals surface area contributed by atoms with Crippen molar-refractivity contribution in [3.8, 4) is 0 Å². The summed E-state index contributed by atoms with van der Waals surface area (Å²) in [7, 11) is 2.02. The SMILES string of the molecule is CC1CN(C)CC(C)N1C(=O)O. The van der Waals surface area contributed by atoms with Crippen molar-refractivity contribution in [2.75, 3.05) is 20.1 Å². The van der Waals surface area contributed by atoms with Gasteiger partial charge in [0.15, 0.2) is 0 Å². The molecule has 1 saturated heterocycles.